The maximum Gasteiger partial charge on any atom is 0.153 e. The minimum Gasteiger partial charge on any atom is -0.310 e. The van der Waals surface area contributed by atoms with Gasteiger partial charge in [-0.1, -0.05) is 149 Å². The van der Waals surface area contributed by atoms with Crippen LogP contribution in [0.5, 0.6) is 0 Å². The van der Waals surface area contributed by atoms with Gasteiger partial charge in [0.15, 0.2) is 7.28 Å². The lowest BCUT2D eigenvalue weighted by Crippen LogP contribution is -2.41. The largest absolute Gasteiger partial charge is 0.310 e. The van der Waals surface area contributed by atoms with Gasteiger partial charge >= 0.3 is 0 Å². The van der Waals surface area contributed by atoms with Gasteiger partial charge in [0, 0.05) is 15.5 Å². The van der Waals surface area contributed by atoms with Crippen molar-refractivity contribution in [3.8, 4) is 0 Å². The molecular formula is C39H37BNS. The summed E-state index contributed by atoms with van der Waals surface area (Å²) in [5, 5.41) is 0. The minimum absolute atomic E-state index is 0.172. The van der Waals surface area contributed by atoms with Gasteiger partial charge in [0.1, 0.15) is 0 Å². The lowest BCUT2D eigenvalue weighted by Gasteiger charge is -2.49. The van der Waals surface area contributed by atoms with Crippen LogP contribution in [0, 0.1) is 10.8 Å². The zero-order valence-electron chi connectivity index (χ0n) is 25.2. The van der Waals surface area contributed by atoms with Crippen LogP contribution in [0.15, 0.2) is 131 Å². The number of para-hydroxylation sites is 3. The average Bonchev–Trinajstić information content (AvgIpc) is 3.00. The molecule has 0 bridgehead atoms. The quantitative estimate of drug-likeness (QED) is 0.196. The molecule has 1 nitrogen and oxygen atoms in total. The highest BCUT2D eigenvalue weighted by molar-refractivity contribution is 7.99. The first-order valence-electron chi connectivity index (χ1n) is 15.0. The molecular weight excluding hydrogens is 525 g/mol. The van der Waals surface area contributed by atoms with Crippen molar-refractivity contribution in [3.63, 3.8) is 0 Å². The molecule has 7 rings (SSSR count). The van der Waals surface area contributed by atoms with Crippen molar-refractivity contribution in [1.82, 2.24) is 0 Å². The molecule has 2 aliphatic rings. The molecule has 42 heavy (non-hydrogen) atoms. The van der Waals surface area contributed by atoms with E-state index in [4.69, 9.17) is 0 Å². The second-order valence-corrected chi connectivity index (χ2v) is 14.4. The number of hydrogen-bond donors (Lipinski definition) is 0. The van der Waals surface area contributed by atoms with Crippen molar-refractivity contribution < 1.29 is 0 Å². The maximum atomic E-state index is 2.50. The van der Waals surface area contributed by atoms with Crippen LogP contribution in [0.2, 0.25) is 6.32 Å². The fourth-order valence-corrected chi connectivity index (χ4v) is 7.90. The van der Waals surface area contributed by atoms with Gasteiger partial charge in [-0.2, -0.15) is 0 Å². The molecule has 3 heteroatoms. The molecule has 2 aliphatic heterocycles. The first-order valence-corrected chi connectivity index (χ1v) is 15.8. The van der Waals surface area contributed by atoms with E-state index in [9.17, 15) is 0 Å². The molecule has 0 saturated carbocycles. The predicted octanol–water partition coefficient (Wildman–Crippen LogP) is 10.1. The van der Waals surface area contributed by atoms with Crippen molar-refractivity contribution in [2.45, 2.75) is 56.1 Å². The molecule has 0 saturated heterocycles. The van der Waals surface area contributed by atoms with Crippen molar-refractivity contribution in [2.24, 2.45) is 10.8 Å². The van der Waals surface area contributed by atoms with Crippen LogP contribution in [0.1, 0.15) is 56.9 Å². The fourth-order valence-electron chi connectivity index (χ4n) is 6.60. The molecule has 2 heterocycles. The van der Waals surface area contributed by atoms with E-state index in [2.05, 4.69) is 168 Å². The zero-order valence-corrected chi connectivity index (χ0v) is 26.0. The van der Waals surface area contributed by atoms with Gasteiger partial charge < -0.3 is 4.90 Å². The van der Waals surface area contributed by atoms with Gasteiger partial charge in [0.25, 0.3) is 0 Å². The van der Waals surface area contributed by atoms with Gasteiger partial charge in [-0.05, 0) is 63.4 Å². The second-order valence-electron chi connectivity index (χ2n) is 13.3. The summed E-state index contributed by atoms with van der Waals surface area (Å²) in [5.74, 6) is 0. The van der Waals surface area contributed by atoms with Gasteiger partial charge in [0.05, 0.1) is 16.8 Å². The summed E-state index contributed by atoms with van der Waals surface area (Å²) in [5.41, 5.74) is 10.3. The minimum atomic E-state index is -0.432. The summed E-state index contributed by atoms with van der Waals surface area (Å²) in [4.78, 5) is 5.15. The molecule has 0 amide bonds. The van der Waals surface area contributed by atoms with Crippen LogP contribution in [-0.4, -0.2) is 7.28 Å². The summed E-state index contributed by atoms with van der Waals surface area (Å²) in [7, 11) is 2.50. The Morgan fingerprint density at radius 3 is 1.79 bits per heavy atom. The van der Waals surface area contributed by atoms with Crippen LogP contribution >= 0.6 is 11.8 Å². The van der Waals surface area contributed by atoms with Crippen molar-refractivity contribution >= 4 is 41.6 Å². The standard InChI is InChI=1S/C39H37BNS/c1-37(2,3)38(4,5)26-40-32-22-15-21-31-36(32)42-35-25-14-11-20-30(35)39(31)28-18-9-12-23-33(28)41(27-16-7-6-8-17-27)34-24-13-10-19-29(34)39/h6-25H,26H2,1-5H3. The number of benzene rings is 5. The Balaban J connectivity index is 1.52. The Morgan fingerprint density at radius 1 is 0.595 bits per heavy atom. The Kier molecular flexibility index (Phi) is 6.44. The highest BCUT2D eigenvalue weighted by atomic mass is 32.2. The predicted molar refractivity (Wildman–Crippen MR) is 181 cm³/mol. The Labute approximate surface area is 256 Å². The molecule has 5 aromatic carbocycles. The number of anilines is 3. The summed E-state index contributed by atoms with van der Waals surface area (Å²) in [6.45, 7) is 11.9. The zero-order chi connectivity index (χ0) is 29.1. The molecule has 5 aromatic rings. The molecule has 0 N–H and O–H groups in total. The van der Waals surface area contributed by atoms with Crippen LogP contribution in [0.4, 0.5) is 17.1 Å². The third kappa shape index (κ3) is 4.01. The third-order valence-electron chi connectivity index (χ3n) is 9.93. The number of hydrogen-bond acceptors (Lipinski definition) is 2. The van der Waals surface area contributed by atoms with Gasteiger partial charge in [-0.15, -0.1) is 0 Å². The second kappa shape index (κ2) is 9.95. The van der Waals surface area contributed by atoms with Gasteiger partial charge in [0.2, 0.25) is 0 Å². The van der Waals surface area contributed by atoms with E-state index in [0.717, 1.165) is 6.32 Å². The normalized spacial score (nSPS) is 14.9. The van der Waals surface area contributed by atoms with Gasteiger partial charge in [-0.25, -0.2) is 0 Å². The van der Waals surface area contributed by atoms with E-state index < -0.39 is 5.41 Å². The molecule has 0 aromatic heterocycles. The van der Waals surface area contributed by atoms with Crippen molar-refractivity contribution in [3.05, 3.63) is 144 Å². The van der Waals surface area contributed by atoms with Crippen molar-refractivity contribution in [1.29, 1.82) is 0 Å². The lowest BCUT2D eigenvalue weighted by atomic mass is 9.52. The van der Waals surface area contributed by atoms with Crippen LogP contribution < -0.4 is 10.4 Å². The molecule has 0 fully saturated rings. The number of rotatable bonds is 4. The molecule has 0 atom stereocenters. The third-order valence-corrected chi connectivity index (χ3v) is 11.2. The van der Waals surface area contributed by atoms with E-state index >= 15 is 0 Å². The summed E-state index contributed by atoms with van der Waals surface area (Å²) in [6, 6.07) is 44.9. The van der Waals surface area contributed by atoms with Crippen molar-refractivity contribution in [2.75, 3.05) is 4.90 Å². The summed E-state index contributed by atoms with van der Waals surface area (Å²) < 4.78 is 0. The number of nitrogens with zero attached hydrogens (tertiary/aromatic N) is 1. The fraction of sp³-hybridized carbons (Fsp3) is 0.231. The lowest BCUT2D eigenvalue weighted by molar-refractivity contribution is 0.157. The highest BCUT2D eigenvalue weighted by Crippen LogP contribution is 2.62. The Bertz CT molecular complexity index is 1730. The van der Waals surface area contributed by atoms with Crippen LogP contribution in [0.25, 0.3) is 0 Å². The van der Waals surface area contributed by atoms with E-state index in [1.165, 1.54) is 54.6 Å². The van der Waals surface area contributed by atoms with Crippen LogP contribution in [-0.2, 0) is 5.41 Å². The highest BCUT2D eigenvalue weighted by Gasteiger charge is 2.50. The Morgan fingerprint density at radius 2 is 1.14 bits per heavy atom. The average molecular weight is 563 g/mol. The van der Waals surface area contributed by atoms with E-state index in [1.54, 1.807) is 0 Å². The van der Waals surface area contributed by atoms with E-state index in [1.807, 2.05) is 11.8 Å². The topological polar surface area (TPSA) is 3.24 Å². The SMILES string of the molecule is CC(C)(C)C(C)(C)C[B]c1cccc2c1Sc1ccccc1C21c2ccccc2N(c2ccccc2)c2ccccc21. The molecule has 0 unspecified atom stereocenters. The Hall–Kier alpha value is -3.69. The molecule has 207 valence electrons. The molecule has 1 spiro atoms. The van der Waals surface area contributed by atoms with E-state index in [0.29, 0.717) is 0 Å². The monoisotopic (exact) mass is 562 g/mol. The molecule has 1 radical (unpaired) electrons. The summed E-state index contributed by atoms with van der Waals surface area (Å²) >= 11 is 1.94. The van der Waals surface area contributed by atoms with Crippen LogP contribution in [0.3, 0.4) is 0 Å². The molecule has 0 aliphatic carbocycles. The maximum absolute atomic E-state index is 2.50. The first-order chi connectivity index (χ1) is 20.2. The smallest absolute Gasteiger partial charge is 0.153 e. The van der Waals surface area contributed by atoms with E-state index in [-0.39, 0.29) is 10.8 Å². The van der Waals surface area contributed by atoms with Gasteiger partial charge in [-0.3, -0.25) is 0 Å². The summed E-state index contributed by atoms with van der Waals surface area (Å²) in [6.07, 6.45) is 1.02. The first kappa shape index (κ1) is 27.2. The number of fused-ring (bicyclic) bond motifs is 8.